The molecular weight excluding hydrogens is 286 g/mol. The minimum absolute atomic E-state index is 0. The number of aromatic nitrogens is 1. The number of amides is 1. The van der Waals surface area contributed by atoms with Gasteiger partial charge in [-0.25, -0.2) is 0 Å². The number of nitrogens with zero attached hydrogens (tertiary/aromatic N) is 1. The van der Waals surface area contributed by atoms with E-state index in [2.05, 4.69) is 9.88 Å². The number of halogens is 1. The Labute approximate surface area is 131 Å². The van der Waals surface area contributed by atoms with Crippen molar-refractivity contribution in [3.05, 3.63) is 53.3 Å². The predicted octanol–water partition coefficient (Wildman–Crippen LogP) is 2.59. The van der Waals surface area contributed by atoms with Gasteiger partial charge in [-0.15, -0.1) is 12.4 Å². The maximum atomic E-state index is 12.3. The fraction of sp³-hybridized carbons (Fsp3) is 0.312. The van der Waals surface area contributed by atoms with Gasteiger partial charge in [-0.2, -0.15) is 0 Å². The number of rotatable bonds is 4. The molecule has 1 heterocycles. The van der Waals surface area contributed by atoms with Crippen LogP contribution < -0.4 is 11.1 Å². The number of nitrogens with one attached hydrogen (secondary N) is 1. The molecule has 0 aliphatic carbocycles. The number of nitrogens with two attached hydrogens (primary N) is 1. The summed E-state index contributed by atoms with van der Waals surface area (Å²) in [6.07, 6.45) is 0. The van der Waals surface area contributed by atoms with E-state index in [4.69, 9.17) is 5.73 Å². The van der Waals surface area contributed by atoms with Crippen LogP contribution in [0, 0.1) is 13.8 Å². The first-order chi connectivity index (χ1) is 9.54. The van der Waals surface area contributed by atoms with Gasteiger partial charge in [0.15, 0.2) is 0 Å². The summed E-state index contributed by atoms with van der Waals surface area (Å²) in [7, 11) is 0. The van der Waals surface area contributed by atoms with Crippen molar-refractivity contribution in [2.24, 2.45) is 5.73 Å². The normalized spacial score (nSPS) is 11.6. The Kier molecular flexibility index (Phi) is 6.00. The standard InChI is InChI=1S/C16H21N3O.ClH/c1-11(10-17)18-16(20)15-9-12(2)19(13(15)3)14-7-5-4-6-8-14;/h4-9,11H,10,17H2,1-3H3,(H,18,20);1H/t11-;/m0./s1. The van der Waals surface area contributed by atoms with Crippen LogP contribution in [0.2, 0.25) is 0 Å². The fourth-order valence-corrected chi connectivity index (χ4v) is 2.33. The van der Waals surface area contributed by atoms with E-state index in [1.165, 1.54) is 0 Å². The third kappa shape index (κ3) is 3.65. The lowest BCUT2D eigenvalue weighted by atomic mass is 10.2. The van der Waals surface area contributed by atoms with Crippen molar-refractivity contribution in [3.8, 4) is 5.69 Å². The lowest BCUT2D eigenvalue weighted by Gasteiger charge is -2.12. The van der Waals surface area contributed by atoms with Gasteiger partial charge >= 0.3 is 0 Å². The summed E-state index contributed by atoms with van der Waals surface area (Å²) in [6, 6.07) is 11.9. The average Bonchev–Trinajstić information content (AvgIpc) is 2.75. The SMILES string of the molecule is Cc1cc(C(=O)N[C@@H](C)CN)c(C)n1-c1ccccc1.Cl. The minimum Gasteiger partial charge on any atom is -0.348 e. The molecule has 0 saturated heterocycles. The lowest BCUT2D eigenvalue weighted by Crippen LogP contribution is -2.37. The second-order valence-corrected chi connectivity index (χ2v) is 5.07. The van der Waals surface area contributed by atoms with E-state index < -0.39 is 0 Å². The first-order valence-corrected chi connectivity index (χ1v) is 6.80. The summed E-state index contributed by atoms with van der Waals surface area (Å²) in [6.45, 7) is 6.29. The summed E-state index contributed by atoms with van der Waals surface area (Å²) in [4.78, 5) is 12.3. The Morgan fingerprint density at radius 1 is 1.29 bits per heavy atom. The molecular formula is C16H22ClN3O. The fourth-order valence-electron chi connectivity index (χ4n) is 2.33. The second kappa shape index (κ2) is 7.29. The van der Waals surface area contributed by atoms with Crippen LogP contribution in [0.15, 0.2) is 36.4 Å². The van der Waals surface area contributed by atoms with Crippen molar-refractivity contribution in [2.75, 3.05) is 6.54 Å². The summed E-state index contributed by atoms with van der Waals surface area (Å²) < 4.78 is 2.09. The van der Waals surface area contributed by atoms with Crippen molar-refractivity contribution < 1.29 is 4.79 Å². The van der Waals surface area contributed by atoms with Gasteiger partial charge in [-0.3, -0.25) is 4.79 Å². The molecule has 1 atom stereocenters. The number of para-hydroxylation sites is 1. The molecule has 4 nitrogen and oxygen atoms in total. The topological polar surface area (TPSA) is 60.1 Å². The molecule has 5 heteroatoms. The summed E-state index contributed by atoms with van der Waals surface area (Å²) in [5.41, 5.74) is 9.29. The highest BCUT2D eigenvalue weighted by Crippen LogP contribution is 2.20. The zero-order valence-electron chi connectivity index (χ0n) is 12.6. The molecule has 0 radical (unpaired) electrons. The highest BCUT2D eigenvalue weighted by molar-refractivity contribution is 5.96. The van der Waals surface area contributed by atoms with Crippen molar-refractivity contribution in [1.29, 1.82) is 0 Å². The molecule has 0 aliphatic heterocycles. The second-order valence-electron chi connectivity index (χ2n) is 5.07. The summed E-state index contributed by atoms with van der Waals surface area (Å²) >= 11 is 0. The number of carbonyl (C=O) groups is 1. The number of hydrogen-bond acceptors (Lipinski definition) is 2. The number of benzene rings is 1. The number of hydrogen-bond donors (Lipinski definition) is 2. The van der Waals surface area contributed by atoms with Gasteiger partial charge in [0.25, 0.3) is 5.91 Å². The minimum atomic E-state index is -0.0711. The number of aryl methyl sites for hydroxylation is 1. The molecule has 0 aliphatic rings. The monoisotopic (exact) mass is 307 g/mol. The molecule has 1 amide bonds. The quantitative estimate of drug-likeness (QED) is 0.912. The summed E-state index contributed by atoms with van der Waals surface area (Å²) in [5, 5.41) is 2.90. The van der Waals surface area contributed by atoms with E-state index in [0.29, 0.717) is 12.1 Å². The maximum absolute atomic E-state index is 12.3. The van der Waals surface area contributed by atoms with Crippen LogP contribution in [-0.4, -0.2) is 23.1 Å². The van der Waals surface area contributed by atoms with Crippen molar-refractivity contribution in [3.63, 3.8) is 0 Å². The van der Waals surface area contributed by atoms with E-state index in [-0.39, 0.29) is 24.4 Å². The van der Waals surface area contributed by atoms with E-state index in [1.807, 2.05) is 57.2 Å². The van der Waals surface area contributed by atoms with Crippen LogP contribution in [-0.2, 0) is 0 Å². The Morgan fingerprint density at radius 2 is 1.90 bits per heavy atom. The highest BCUT2D eigenvalue weighted by Gasteiger charge is 2.17. The van der Waals surface area contributed by atoms with Gasteiger partial charge in [0, 0.05) is 29.7 Å². The molecule has 0 fully saturated rings. The smallest absolute Gasteiger partial charge is 0.253 e. The predicted molar refractivity (Wildman–Crippen MR) is 88.5 cm³/mol. The number of carbonyl (C=O) groups excluding carboxylic acids is 1. The molecule has 2 aromatic rings. The summed E-state index contributed by atoms with van der Waals surface area (Å²) in [5.74, 6) is -0.0711. The first-order valence-electron chi connectivity index (χ1n) is 6.80. The van der Waals surface area contributed by atoms with Crippen LogP contribution in [0.3, 0.4) is 0 Å². The maximum Gasteiger partial charge on any atom is 0.253 e. The van der Waals surface area contributed by atoms with Crippen LogP contribution in [0.4, 0.5) is 0 Å². The Morgan fingerprint density at radius 3 is 2.48 bits per heavy atom. The van der Waals surface area contributed by atoms with Gasteiger partial charge in [-0.05, 0) is 39.0 Å². The molecule has 1 aromatic carbocycles. The Hall–Kier alpha value is -1.78. The lowest BCUT2D eigenvalue weighted by molar-refractivity contribution is 0.0940. The first kappa shape index (κ1) is 17.3. The van der Waals surface area contributed by atoms with Crippen molar-refractivity contribution in [1.82, 2.24) is 9.88 Å². The Balaban J connectivity index is 0.00000220. The van der Waals surface area contributed by atoms with E-state index in [9.17, 15) is 4.79 Å². The average molecular weight is 308 g/mol. The highest BCUT2D eigenvalue weighted by atomic mass is 35.5. The molecule has 0 spiro atoms. The van der Waals surface area contributed by atoms with Gasteiger partial charge in [0.2, 0.25) is 0 Å². The van der Waals surface area contributed by atoms with Crippen LogP contribution in [0.5, 0.6) is 0 Å². The largest absolute Gasteiger partial charge is 0.348 e. The van der Waals surface area contributed by atoms with Gasteiger partial charge in [-0.1, -0.05) is 18.2 Å². The molecule has 0 bridgehead atoms. The van der Waals surface area contributed by atoms with Crippen molar-refractivity contribution in [2.45, 2.75) is 26.8 Å². The third-order valence-corrected chi connectivity index (χ3v) is 3.42. The zero-order valence-corrected chi connectivity index (χ0v) is 13.4. The van der Waals surface area contributed by atoms with E-state index in [0.717, 1.165) is 17.1 Å². The van der Waals surface area contributed by atoms with E-state index >= 15 is 0 Å². The molecule has 2 rings (SSSR count). The van der Waals surface area contributed by atoms with E-state index in [1.54, 1.807) is 0 Å². The van der Waals surface area contributed by atoms with Gasteiger partial charge < -0.3 is 15.6 Å². The van der Waals surface area contributed by atoms with Crippen LogP contribution in [0.25, 0.3) is 5.69 Å². The van der Waals surface area contributed by atoms with Crippen molar-refractivity contribution >= 4 is 18.3 Å². The molecule has 0 saturated carbocycles. The van der Waals surface area contributed by atoms with Gasteiger partial charge in [0.05, 0.1) is 5.56 Å². The third-order valence-electron chi connectivity index (χ3n) is 3.42. The van der Waals surface area contributed by atoms with Gasteiger partial charge in [0.1, 0.15) is 0 Å². The molecule has 1 aromatic heterocycles. The zero-order chi connectivity index (χ0) is 14.7. The molecule has 3 N–H and O–H groups in total. The Bertz CT molecular complexity index is 607. The molecule has 0 unspecified atom stereocenters. The van der Waals surface area contributed by atoms with Crippen LogP contribution in [0.1, 0.15) is 28.7 Å². The van der Waals surface area contributed by atoms with Crippen LogP contribution >= 0.6 is 12.4 Å². The molecule has 114 valence electrons. The molecule has 21 heavy (non-hydrogen) atoms.